The van der Waals surface area contributed by atoms with Crippen LogP contribution in [0.3, 0.4) is 0 Å². The van der Waals surface area contributed by atoms with Gasteiger partial charge < -0.3 is 16.0 Å². The number of hydrogen-bond acceptors (Lipinski definition) is 3. The van der Waals surface area contributed by atoms with Crippen molar-refractivity contribution in [1.29, 1.82) is 0 Å². The number of carbonyl (C=O) groups excluding carboxylic acids is 3. The Balaban J connectivity index is 1.45. The second-order valence-corrected chi connectivity index (χ2v) is 18.0. The molecule has 3 aliphatic carbocycles. The summed E-state index contributed by atoms with van der Waals surface area (Å²) in [6, 6.07) is 5.55. The highest BCUT2D eigenvalue weighted by Crippen LogP contribution is 2.42. The third-order valence-electron chi connectivity index (χ3n) is 11.7. The fraction of sp³-hybridized carbons (Fsp3) is 0.769. The SMILES string of the molecule is CC(C)(C)[C@H]1CC[C@@H](C(=O)Nc2cc(NC(=O)[C@H]3CC[C@@H](C(C)(C)C)CC3)cc(NC(=O)[C@H]3CC[C@@H](C(C)(C)C)CC3)c2)CC1. The summed E-state index contributed by atoms with van der Waals surface area (Å²) in [4.78, 5) is 40.3. The monoisotopic (exact) mass is 621 g/mol. The van der Waals surface area contributed by atoms with Crippen molar-refractivity contribution < 1.29 is 14.4 Å². The van der Waals surface area contributed by atoms with E-state index in [1.807, 2.05) is 18.2 Å². The third-order valence-corrected chi connectivity index (χ3v) is 11.7. The van der Waals surface area contributed by atoms with Crippen LogP contribution in [0.15, 0.2) is 18.2 Å². The molecular formula is C39H63N3O3. The van der Waals surface area contributed by atoms with Gasteiger partial charge in [-0.25, -0.2) is 0 Å². The zero-order valence-corrected chi connectivity index (χ0v) is 29.9. The van der Waals surface area contributed by atoms with Crippen LogP contribution in [-0.2, 0) is 14.4 Å². The van der Waals surface area contributed by atoms with Gasteiger partial charge in [0.05, 0.1) is 0 Å². The van der Waals surface area contributed by atoms with Crippen molar-refractivity contribution in [2.75, 3.05) is 16.0 Å². The summed E-state index contributed by atoms with van der Waals surface area (Å²) in [5, 5.41) is 9.46. The highest BCUT2D eigenvalue weighted by atomic mass is 16.2. The Hall–Kier alpha value is -2.37. The molecule has 0 heterocycles. The molecule has 6 heteroatoms. The molecule has 3 amide bonds. The predicted octanol–water partition coefficient (Wildman–Crippen LogP) is 10.1. The van der Waals surface area contributed by atoms with Gasteiger partial charge in [0.25, 0.3) is 0 Å². The topological polar surface area (TPSA) is 87.3 Å². The Kier molecular flexibility index (Phi) is 11.2. The molecule has 0 radical (unpaired) electrons. The van der Waals surface area contributed by atoms with Crippen molar-refractivity contribution >= 4 is 34.8 Å². The lowest BCUT2D eigenvalue weighted by molar-refractivity contribution is -0.122. The minimum absolute atomic E-state index is 0.0177. The highest BCUT2D eigenvalue weighted by molar-refractivity contribution is 5.99. The van der Waals surface area contributed by atoms with Crippen LogP contribution < -0.4 is 16.0 Å². The van der Waals surface area contributed by atoms with Gasteiger partial charge >= 0.3 is 0 Å². The maximum atomic E-state index is 13.4. The molecule has 1 aromatic rings. The Bertz CT molecular complexity index is 1020. The number of amides is 3. The van der Waals surface area contributed by atoms with E-state index in [4.69, 9.17) is 0 Å². The molecule has 0 unspecified atom stereocenters. The fourth-order valence-corrected chi connectivity index (χ4v) is 8.24. The lowest BCUT2D eigenvalue weighted by Gasteiger charge is -2.36. The van der Waals surface area contributed by atoms with E-state index in [0.717, 1.165) is 77.0 Å². The van der Waals surface area contributed by atoms with Gasteiger partial charge in [0, 0.05) is 34.8 Å². The first kappa shape index (κ1) is 35.5. The van der Waals surface area contributed by atoms with E-state index in [2.05, 4.69) is 78.3 Å². The van der Waals surface area contributed by atoms with E-state index >= 15 is 0 Å². The molecule has 0 aromatic heterocycles. The molecule has 6 nitrogen and oxygen atoms in total. The summed E-state index contributed by atoms with van der Waals surface area (Å²) in [6.07, 6.45) is 11.7. The first-order valence-electron chi connectivity index (χ1n) is 18.0. The van der Waals surface area contributed by atoms with Gasteiger partial charge in [-0.2, -0.15) is 0 Å². The van der Waals surface area contributed by atoms with Crippen LogP contribution in [0.4, 0.5) is 17.1 Å². The molecule has 0 bridgehead atoms. The third kappa shape index (κ3) is 9.81. The molecule has 0 atom stereocenters. The molecule has 3 N–H and O–H groups in total. The fourth-order valence-electron chi connectivity index (χ4n) is 8.24. The lowest BCUT2D eigenvalue weighted by atomic mass is 9.69. The smallest absolute Gasteiger partial charge is 0.227 e. The van der Waals surface area contributed by atoms with E-state index in [1.54, 1.807) is 0 Å². The van der Waals surface area contributed by atoms with E-state index in [1.165, 1.54) is 0 Å². The van der Waals surface area contributed by atoms with E-state index < -0.39 is 0 Å². The van der Waals surface area contributed by atoms with Crippen LogP contribution in [0.25, 0.3) is 0 Å². The van der Waals surface area contributed by atoms with Crippen LogP contribution in [0.5, 0.6) is 0 Å². The first-order valence-corrected chi connectivity index (χ1v) is 18.0. The van der Waals surface area contributed by atoms with E-state index in [0.29, 0.717) is 34.8 Å². The van der Waals surface area contributed by atoms with Crippen molar-refractivity contribution in [2.45, 2.75) is 139 Å². The summed E-state index contributed by atoms with van der Waals surface area (Å²) in [6.45, 7) is 20.6. The number of anilines is 3. The zero-order chi connectivity index (χ0) is 33.2. The van der Waals surface area contributed by atoms with Crippen molar-refractivity contribution in [3.63, 3.8) is 0 Å². The summed E-state index contributed by atoms with van der Waals surface area (Å²) in [7, 11) is 0. The van der Waals surface area contributed by atoms with Crippen molar-refractivity contribution in [3.8, 4) is 0 Å². The molecule has 45 heavy (non-hydrogen) atoms. The molecule has 3 saturated carbocycles. The van der Waals surface area contributed by atoms with Gasteiger partial charge in [0.15, 0.2) is 0 Å². The van der Waals surface area contributed by atoms with Gasteiger partial charge in [0.1, 0.15) is 0 Å². The first-order chi connectivity index (χ1) is 20.9. The second kappa shape index (κ2) is 14.2. The largest absolute Gasteiger partial charge is 0.326 e. The van der Waals surface area contributed by atoms with Crippen molar-refractivity contribution in [1.82, 2.24) is 0 Å². The zero-order valence-electron chi connectivity index (χ0n) is 29.9. The van der Waals surface area contributed by atoms with Crippen molar-refractivity contribution in [3.05, 3.63) is 18.2 Å². The second-order valence-electron chi connectivity index (χ2n) is 18.0. The maximum absolute atomic E-state index is 13.4. The molecular weight excluding hydrogens is 558 g/mol. The van der Waals surface area contributed by atoms with E-state index in [-0.39, 0.29) is 51.7 Å². The Morgan fingerprint density at radius 3 is 0.800 bits per heavy atom. The lowest BCUT2D eigenvalue weighted by Crippen LogP contribution is -2.32. The van der Waals surface area contributed by atoms with Gasteiger partial charge in [0.2, 0.25) is 17.7 Å². The average molecular weight is 622 g/mol. The van der Waals surface area contributed by atoms with Crippen LogP contribution in [0.1, 0.15) is 139 Å². The molecule has 1 aromatic carbocycles. The quantitative estimate of drug-likeness (QED) is 0.295. The van der Waals surface area contributed by atoms with Gasteiger partial charge in [-0.15, -0.1) is 0 Å². The molecule has 3 aliphatic rings. The van der Waals surface area contributed by atoms with Gasteiger partial charge in [-0.3, -0.25) is 14.4 Å². The Morgan fingerprint density at radius 2 is 0.622 bits per heavy atom. The Labute approximate surface area is 274 Å². The standard InChI is InChI=1S/C39H63N3O3/c1-37(2,3)28-16-10-25(11-17-28)34(43)40-31-22-32(41-35(44)26-12-18-29(19-13-26)38(4,5)6)24-33(23-31)42-36(45)27-14-20-30(21-15-27)39(7,8)9/h22-30H,10-21H2,1-9H3,(H,40,43)(H,41,44)(H,42,45)/t25-,26-,27-,28+,29+,30+. The summed E-state index contributed by atoms with van der Waals surface area (Å²) in [5.74, 6) is 1.96. The number of benzene rings is 1. The number of rotatable bonds is 6. The molecule has 252 valence electrons. The minimum Gasteiger partial charge on any atom is -0.326 e. The molecule has 0 spiro atoms. The van der Waals surface area contributed by atoms with Crippen molar-refractivity contribution in [2.24, 2.45) is 51.8 Å². The minimum atomic E-state index is -0.0177. The van der Waals surface area contributed by atoms with Gasteiger partial charge in [-0.1, -0.05) is 62.3 Å². The van der Waals surface area contributed by atoms with Crippen LogP contribution >= 0.6 is 0 Å². The van der Waals surface area contributed by atoms with Gasteiger partial charge in [-0.05, 0) is 129 Å². The summed E-state index contributed by atoms with van der Waals surface area (Å²) in [5.41, 5.74) is 2.66. The van der Waals surface area contributed by atoms with Crippen LogP contribution in [-0.4, -0.2) is 17.7 Å². The summed E-state index contributed by atoms with van der Waals surface area (Å²) >= 11 is 0. The number of nitrogens with one attached hydrogen (secondary N) is 3. The molecule has 3 fully saturated rings. The highest BCUT2D eigenvalue weighted by Gasteiger charge is 2.35. The predicted molar refractivity (Wildman–Crippen MR) is 187 cm³/mol. The van der Waals surface area contributed by atoms with Crippen LogP contribution in [0, 0.1) is 51.8 Å². The molecule has 4 rings (SSSR count). The normalized spacial score (nSPS) is 28.2. The Morgan fingerprint density at radius 1 is 0.422 bits per heavy atom. The molecule has 0 aliphatic heterocycles. The van der Waals surface area contributed by atoms with Crippen LogP contribution in [0.2, 0.25) is 0 Å². The molecule has 0 saturated heterocycles. The maximum Gasteiger partial charge on any atom is 0.227 e. The summed E-state index contributed by atoms with van der Waals surface area (Å²) < 4.78 is 0. The number of hydrogen-bond donors (Lipinski definition) is 3. The van der Waals surface area contributed by atoms with E-state index in [9.17, 15) is 14.4 Å². The average Bonchev–Trinajstić information content (AvgIpc) is 2.96. The number of carbonyl (C=O) groups is 3.